The van der Waals surface area contributed by atoms with Crippen LogP contribution in [0.1, 0.15) is 19.4 Å². The van der Waals surface area contributed by atoms with Gasteiger partial charge in [0.25, 0.3) is 5.69 Å². The number of rotatable bonds is 6. The van der Waals surface area contributed by atoms with Crippen LogP contribution in [0.2, 0.25) is 0 Å². The van der Waals surface area contributed by atoms with E-state index in [1.165, 1.54) is 12.1 Å². The third-order valence-electron chi connectivity index (χ3n) is 2.89. The summed E-state index contributed by atoms with van der Waals surface area (Å²) in [4.78, 5) is 22.0. The molecule has 1 unspecified atom stereocenters. The zero-order chi connectivity index (χ0) is 14.4. The van der Waals surface area contributed by atoms with Crippen molar-refractivity contribution < 1.29 is 9.72 Å². The van der Waals surface area contributed by atoms with Gasteiger partial charge in [0.15, 0.2) is 0 Å². The van der Waals surface area contributed by atoms with Gasteiger partial charge in [-0.25, -0.2) is 0 Å². The Bertz CT molecular complexity index is 460. The molecule has 1 atom stereocenters. The molecule has 3 N–H and O–H groups in total. The van der Waals surface area contributed by atoms with Crippen LogP contribution in [-0.4, -0.2) is 23.4 Å². The largest absolute Gasteiger partial charge is 0.352 e. The molecule has 1 rings (SSSR count). The summed E-state index contributed by atoms with van der Waals surface area (Å²) >= 11 is 0. The zero-order valence-corrected chi connectivity index (χ0v) is 11.1. The molecule has 0 heterocycles. The van der Waals surface area contributed by atoms with Crippen molar-refractivity contribution in [3.05, 3.63) is 39.9 Å². The summed E-state index contributed by atoms with van der Waals surface area (Å²) in [7, 11) is 0. The summed E-state index contributed by atoms with van der Waals surface area (Å²) in [5.74, 6) is 0.0729. The SMILES string of the molecule is CC(C)C(CN)NC(=O)Cc1cccc([N+](=O)[O-])c1. The minimum absolute atomic E-state index is 0.00969. The number of hydrogen-bond acceptors (Lipinski definition) is 4. The lowest BCUT2D eigenvalue weighted by Gasteiger charge is -2.20. The van der Waals surface area contributed by atoms with Gasteiger partial charge in [-0.15, -0.1) is 0 Å². The molecule has 0 aliphatic rings. The molecule has 6 heteroatoms. The average Bonchev–Trinajstić information content (AvgIpc) is 2.35. The topological polar surface area (TPSA) is 98.3 Å². The molecule has 0 saturated heterocycles. The molecule has 0 spiro atoms. The Balaban J connectivity index is 2.66. The van der Waals surface area contributed by atoms with Crippen LogP contribution in [0, 0.1) is 16.0 Å². The Labute approximate surface area is 112 Å². The Morgan fingerprint density at radius 1 is 1.47 bits per heavy atom. The standard InChI is InChI=1S/C13H19N3O3/c1-9(2)12(8-14)15-13(17)7-10-4-3-5-11(6-10)16(18)19/h3-6,9,12H,7-8,14H2,1-2H3,(H,15,17). The van der Waals surface area contributed by atoms with Gasteiger partial charge in [0.1, 0.15) is 0 Å². The van der Waals surface area contributed by atoms with Crippen LogP contribution in [-0.2, 0) is 11.2 Å². The van der Waals surface area contributed by atoms with Gasteiger partial charge in [-0.2, -0.15) is 0 Å². The summed E-state index contributed by atoms with van der Waals surface area (Å²) in [6, 6.07) is 6.00. The molecule has 6 nitrogen and oxygen atoms in total. The molecule has 0 saturated carbocycles. The van der Waals surface area contributed by atoms with Crippen molar-refractivity contribution in [3.63, 3.8) is 0 Å². The van der Waals surface area contributed by atoms with Gasteiger partial charge in [0, 0.05) is 24.7 Å². The van der Waals surface area contributed by atoms with E-state index in [1.54, 1.807) is 12.1 Å². The highest BCUT2D eigenvalue weighted by atomic mass is 16.6. The van der Waals surface area contributed by atoms with Crippen molar-refractivity contribution in [2.45, 2.75) is 26.3 Å². The number of nitrogens with one attached hydrogen (secondary N) is 1. The highest BCUT2D eigenvalue weighted by molar-refractivity contribution is 5.79. The molecule has 1 amide bonds. The zero-order valence-electron chi connectivity index (χ0n) is 11.1. The Morgan fingerprint density at radius 3 is 2.68 bits per heavy atom. The number of hydrogen-bond donors (Lipinski definition) is 2. The molecule has 0 radical (unpaired) electrons. The van der Waals surface area contributed by atoms with Crippen LogP contribution >= 0.6 is 0 Å². The fraction of sp³-hybridized carbons (Fsp3) is 0.462. The van der Waals surface area contributed by atoms with Crippen molar-refractivity contribution >= 4 is 11.6 Å². The monoisotopic (exact) mass is 265 g/mol. The van der Waals surface area contributed by atoms with Gasteiger partial charge in [0.05, 0.1) is 11.3 Å². The normalized spacial score (nSPS) is 12.2. The number of non-ortho nitro benzene ring substituents is 1. The number of benzene rings is 1. The first-order valence-electron chi connectivity index (χ1n) is 6.16. The van der Waals surface area contributed by atoms with Crippen molar-refractivity contribution in [3.8, 4) is 0 Å². The molecular formula is C13H19N3O3. The molecule has 104 valence electrons. The van der Waals surface area contributed by atoms with Gasteiger partial charge in [-0.3, -0.25) is 14.9 Å². The van der Waals surface area contributed by atoms with Crippen LogP contribution in [0.4, 0.5) is 5.69 Å². The number of amides is 1. The molecule has 1 aromatic carbocycles. The average molecular weight is 265 g/mol. The highest BCUT2D eigenvalue weighted by Crippen LogP contribution is 2.13. The number of nitro groups is 1. The van der Waals surface area contributed by atoms with Gasteiger partial charge < -0.3 is 11.1 Å². The Kier molecular flexibility index (Phi) is 5.44. The fourth-order valence-corrected chi connectivity index (χ4v) is 1.72. The van der Waals surface area contributed by atoms with E-state index < -0.39 is 4.92 Å². The lowest BCUT2D eigenvalue weighted by atomic mass is 10.0. The second kappa shape index (κ2) is 6.84. The maximum Gasteiger partial charge on any atom is 0.269 e. The first-order chi connectivity index (χ1) is 8.93. The van der Waals surface area contributed by atoms with E-state index in [9.17, 15) is 14.9 Å². The second-order valence-corrected chi connectivity index (χ2v) is 4.76. The summed E-state index contributed by atoms with van der Waals surface area (Å²) in [5, 5.41) is 13.5. The lowest BCUT2D eigenvalue weighted by molar-refractivity contribution is -0.384. The second-order valence-electron chi connectivity index (χ2n) is 4.76. The van der Waals surface area contributed by atoms with E-state index >= 15 is 0 Å². The predicted octanol–water partition coefficient (Wildman–Crippen LogP) is 1.24. The van der Waals surface area contributed by atoms with Crippen LogP contribution in [0.15, 0.2) is 24.3 Å². The van der Waals surface area contributed by atoms with Crippen LogP contribution in [0.25, 0.3) is 0 Å². The van der Waals surface area contributed by atoms with Crippen molar-refractivity contribution in [1.29, 1.82) is 0 Å². The van der Waals surface area contributed by atoms with Crippen LogP contribution in [0.3, 0.4) is 0 Å². The van der Waals surface area contributed by atoms with E-state index in [0.717, 1.165) is 0 Å². The van der Waals surface area contributed by atoms with Crippen molar-refractivity contribution in [2.75, 3.05) is 6.54 Å². The maximum atomic E-state index is 11.8. The van der Waals surface area contributed by atoms with E-state index in [2.05, 4.69) is 5.32 Å². The smallest absolute Gasteiger partial charge is 0.269 e. The Morgan fingerprint density at radius 2 is 2.16 bits per heavy atom. The van der Waals surface area contributed by atoms with E-state index in [1.807, 2.05) is 13.8 Å². The van der Waals surface area contributed by atoms with Gasteiger partial charge >= 0.3 is 0 Å². The number of nitrogens with zero attached hydrogens (tertiary/aromatic N) is 1. The third kappa shape index (κ3) is 4.67. The number of nitro benzene ring substituents is 1. The van der Waals surface area contributed by atoms with E-state index in [0.29, 0.717) is 12.1 Å². The van der Waals surface area contributed by atoms with Crippen molar-refractivity contribution in [2.24, 2.45) is 11.7 Å². The highest BCUT2D eigenvalue weighted by Gasteiger charge is 2.15. The third-order valence-corrected chi connectivity index (χ3v) is 2.89. The van der Waals surface area contributed by atoms with Crippen molar-refractivity contribution in [1.82, 2.24) is 5.32 Å². The number of carbonyl (C=O) groups excluding carboxylic acids is 1. The number of nitrogens with two attached hydrogens (primary N) is 1. The molecule has 0 aromatic heterocycles. The van der Waals surface area contributed by atoms with Crippen LogP contribution < -0.4 is 11.1 Å². The predicted molar refractivity (Wildman–Crippen MR) is 72.6 cm³/mol. The summed E-state index contributed by atoms with van der Waals surface area (Å²) in [6.07, 6.45) is 0.116. The first-order valence-corrected chi connectivity index (χ1v) is 6.16. The van der Waals surface area contributed by atoms with Gasteiger partial charge in [-0.05, 0) is 11.5 Å². The minimum atomic E-state index is -0.474. The molecule has 0 aliphatic carbocycles. The van der Waals surface area contributed by atoms with E-state index in [-0.39, 0.29) is 30.0 Å². The molecule has 19 heavy (non-hydrogen) atoms. The van der Waals surface area contributed by atoms with Gasteiger partial charge in [0.2, 0.25) is 5.91 Å². The van der Waals surface area contributed by atoms with Crippen LogP contribution in [0.5, 0.6) is 0 Å². The molecular weight excluding hydrogens is 246 g/mol. The summed E-state index contributed by atoms with van der Waals surface area (Å²) < 4.78 is 0. The summed E-state index contributed by atoms with van der Waals surface area (Å²) in [5.41, 5.74) is 6.18. The maximum absolute atomic E-state index is 11.8. The minimum Gasteiger partial charge on any atom is -0.352 e. The molecule has 0 bridgehead atoms. The quantitative estimate of drug-likeness (QED) is 0.597. The Hall–Kier alpha value is -1.95. The fourth-order valence-electron chi connectivity index (χ4n) is 1.72. The number of carbonyl (C=O) groups is 1. The first kappa shape index (κ1) is 15.1. The molecule has 1 aromatic rings. The lowest BCUT2D eigenvalue weighted by Crippen LogP contribution is -2.44. The van der Waals surface area contributed by atoms with E-state index in [4.69, 9.17) is 5.73 Å². The van der Waals surface area contributed by atoms with Gasteiger partial charge in [-0.1, -0.05) is 26.0 Å². The summed E-state index contributed by atoms with van der Waals surface area (Å²) in [6.45, 7) is 4.33. The molecule has 0 fully saturated rings. The molecule has 0 aliphatic heterocycles.